The fourth-order valence-corrected chi connectivity index (χ4v) is 4.67. The molecule has 0 aliphatic carbocycles. The van der Waals surface area contributed by atoms with Gasteiger partial charge < -0.3 is 19.8 Å². The van der Waals surface area contributed by atoms with Crippen LogP contribution in [0, 0.1) is 0 Å². The highest BCUT2D eigenvalue weighted by Gasteiger charge is 2.48. The zero-order chi connectivity index (χ0) is 20.9. The predicted octanol–water partition coefficient (Wildman–Crippen LogP) is 0.899. The predicted molar refractivity (Wildman–Crippen MR) is 113 cm³/mol. The molecular formula is C21H29BN4O4. The number of rotatable bonds is 7. The first kappa shape index (κ1) is 20.9. The van der Waals surface area contributed by atoms with Crippen LogP contribution in [0.15, 0.2) is 30.3 Å². The molecule has 0 saturated carbocycles. The van der Waals surface area contributed by atoms with Crippen LogP contribution < -0.4 is 5.32 Å². The van der Waals surface area contributed by atoms with Gasteiger partial charge in [-0.3, -0.25) is 9.63 Å². The molecule has 160 valence electrons. The van der Waals surface area contributed by atoms with Crippen LogP contribution in [0.5, 0.6) is 0 Å². The van der Waals surface area contributed by atoms with Gasteiger partial charge >= 0.3 is 6.03 Å². The second-order valence-corrected chi connectivity index (χ2v) is 8.37. The van der Waals surface area contributed by atoms with Crippen LogP contribution >= 0.6 is 0 Å². The first-order chi connectivity index (χ1) is 14.7. The van der Waals surface area contributed by atoms with E-state index in [1.165, 1.54) is 5.06 Å². The van der Waals surface area contributed by atoms with Gasteiger partial charge in [0.05, 0.1) is 12.2 Å². The van der Waals surface area contributed by atoms with E-state index in [0.29, 0.717) is 27.0 Å². The minimum Gasteiger partial charge on any atom is -0.352 e. The average molecular weight is 412 g/mol. The number of carbonyl (C=O) groups is 3. The molecule has 3 amide bonds. The summed E-state index contributed by atoms with van der Waals surface area (Å²) in [5, 5.41) is 4.62. The number of nitrogens with zero attached hydrogens (tertiary/aromatic N) is 3. The second kappa shape index (κ2) is 9.62. The molecule has 8 nitrogen and oxygen atoms in total. The minimum atomic E-state index is -0.437. The summed E-state index contributed by atoms with van der Waals surface area (Å²) < 4.78 is 0. The van der Waals surface area contributed by atoms with Gasteiger partial charge in [0, 0.05) is 12.6 Å². The minimum absolute atomic E-state index is 0.0000391. The molecule has 4 rings (SSSR count). The number of benzene rings is 1. The fraction of sp³-hybridized carbons (Fsp3) is 0.571. The molecule has 1 N–H and O–H groups in total. The van der Waals surface area contributed by atoms with Crippen molar-refractivity contribution in [2.24, 2.45) is 0 Å². The number of nitrogens with one attached hydrogen (secondary N) is 1. The zero-order valence-corrected chi connectivity index (χ0v) is 17.2. The van der Waals surface area contributed by atoms with Gasteiger partial charge in [-0.15, -0.1) is 0 Å². The molecule has 1 aromatic carbocycles. The molecule has 0 spiro atoms. The highest BCUT2D eigenvalue weighted by Crippen LogP contribution is 2.30. The molecule has 0 unspecified atom stereocenters. The van der Waals surface area contributed by atoms with Crippen molar-refractivity contribution in [2.45, 2.75) is 56.8 Å². The summed E-state index contributed by atoms with van der Waals surface area (Å²) in [5.41, 5.74) is 1.01. The van der Waals surface area contributed by atoms with E-state index in [0.717, 1.165) is 50.5 Å². The quantitative estimate of drug-likeness (QED) is 0.532. The molecule has 0 radical (unpaired) electrons. The van der Waals surface area contributed by atoms with Gasteiger partial charge in [-0.25, -0.2) is 4.79 Å². The van der Waals surface area contributed by atoms with Gasteiger partial charge in [-0.2, -0.15) is 5.06 Å². The Kier molecular flexibility index (Phi) is 6.69. The SMILES string of the molecule is O=CBN1CCC[C@H](NC(=O)[C@@H]2CC[C@@H]3CN2C(=O)N3OCc2ccccc2)CC1. The van der Waals surface area contributed by atoms with E-state index in [4.69, 9.17) is 4.84 Å². The lowest BCUT2D eigenvalue weighted by molar-refractivity contribution is -0.140. The van der Waals surface area contributed by atoms with Gasteiger partial charge in [0.1, 0.15) is 12.6 Å². The summed E-state index contributed by atoms with van der Waals surface area (Å²) in [6, 6.07) is 9.20. The summed E-state index contributed by atoms with van der Waals surface area (Å²) in [6.07, 6.45) is 5.02. The van der Waals surface area contributed by atoms with Crippen molar-refractivity contribution in [1.29, 1.82) is 0 Å². The van der Waals surface area contributed by atoms with Crippen molar-refractivity contribution in [3.8, 4) is 0 Å². The molecule has 3 saturated heterocycles. The summed E-state index contributed by atoms with van der Waals surface area (Å²) in [6.45, 7) is 2.56. The average Bonchev–Trinajstić information content (AvgIpc) is 2.89. The largest absolute Gasteiger partial charge is 0.352 e. The Morgan fingerprint density at radius 2 is 2.00 bits per heavy atom. The van der Waals surface area contributed by atoms with Crippen LogP contribution in [0.2, 0.25) is 0 Å². The van der Waals surface area contributed by atoms with Crippen LogP contribution in [0.1, 0.15) is 37.7 Å². The molecule has 2 bridgehead atoms. The van der Waals surface area contributed by atoms with E-state index in [1.807, 2.05) is 30.3 Å². The van der Waals surface area contributed by atoms with Gasteiger partial charge in [0.25, 0.3) is 7.41 Å². The van der Waals surface area contributed by atoms with Crippen molar-refractivity contribution in [3.63, 3.8) is 0 Å². The Labute approximate surface area is 177 Å². The number of amides is 3. The van der Waals surface area contributed by atoms with Crippen molar-refractivity contribution >= 4 is 25.5 Å². The Bertz CT molecular complexity index is 765. The van der Waals surface area contributed by atoms with Crippen molar-refractivity contribution in [3.05, 3.63) is 35.9 Å². The molecule has 3 fully saturated rings. The molecule has 3 heterocycles. The normalized spacial score (nSPS) is 26.9. The summed E-state index contributed by atoms with van der Waals surface area (Å²) >= 11 is 0. The van der Waals surface area contributed by atoms with Crippen molar-refractivity contribution < 1.29 is 19.2 Å². The van der Waals surface area contributed by atoms with Crippen LogP contribution in [0.4, 0.5) is 4.79 Å². The third-order valence-electron chi connectivity index (χ3n) is 6.34. The van der Waals surface area contributed by atoms with Crippen LogP contribution in [0.25, 0.3) is 0 Å². The molecule has 3 aliphatic heterocycles. The Hall–Kier alpha value is -2.39. The summed E-state index contributed by atoms with van der Waals surface area (Å²) in [4.78, 5) is 46.2. The first-order valence-electron chi connectivity index (χ1n) is 10.9. The molecule has 1 aromatic rings. The topological polar surface area (TPSA) is 82.2 Å². The molecule has 30 heavy (non-hydrogen) atoms. The van der Waals surface area contributed by atoms with Crippen LogP contribution in [0.3, 0.4) is 0 Å². The lowest BCUT2D eigenvalue weighted by atomic mass is 9.94. The Morgan fingerprint density at radius 1 is 1.17 bits per heavy atom. The van der Waals surface area contributed by atoms with Gasteiger partial charge in [0.15, 0.2) is 0 Å². The molecular weight excluding hydrogens is 383 g/mol. The number of urea groups is 1. The maximum absolute atomic E-state index is 13.0. The zero-order valence-electron chi connectivity index (χ0n) is 17.2. The third kappa shape index (κ3) is 4.68. The van der Waals surface area contributed by atoms with Gasteiger partial charge in [0.2, 0.25) is 5.91 Å². The molecule has 3 atom stereocenters. The van der Waals surface area contributed by atoms with Crippen molar-refractivity contribution in [2.75, 3.05) is 19.6 Å². The van der Waals surface area contributed by atoms with E-state index >= 15 is 0 Å². The summed E-state index contributed by atoms with van der Waals surface area (Å²) in [7, 11) is 0.450. The number of fused-ring (bicyclic) bond motifs is 2. The number of hydrogen-bond donors (Lipinski definition) is 1. The van der Waals surface area contributed by atoms with Crippen molar-refractivity contribution in [1.82, 2.24) is 20.1 Å². The Morgan fingerprint density at radius 3 is 2.80 bits per heavy atom. The maximum Gasteiger partial charge on any atom is 0.345 e. The maximum atomic E-state index is 13.0. The van der Waals surface area contributed by atoms with E-state index in [2.05, 4.69) is 10.1 Å². The highest BCUT2D eigenvalue weighted by molar-refractivity contribution is 6.64. The highest BCUT2D eigenvalue weighted by atomic mass is 16.7. The van der Waals surface area contributed by atoms with E-state index in [-0.39, 0.29) is 24.0 Å². The first-order valence-corrected chi connectivity index (χ1v) is 10.9. The number of hydrogen-bond acceptors (Lipinski definition) is 5. The van der Waals surface area contributed by atoms with E-state index in [9.17, 15) is 14.4 Å². The standard InChI is InChI=1S/C21H29BN4O4/c27-15-22-24-11-4-7-17(10-12-24)23-20(28)19-9-8-18-13-25(19)21(29)26(18)30-14-16-5-2-1-3-6-16/h1-3,5-6,15,17-19,22H,4,7-14H2,(H,23,28)/t17-,18+,19-/m0/s1. The lowest BCUT2D eigenvalue weighted by Gasteiger charge is -2.30. The molecule has 3 aliphatic rings. The fourth-order valence-electron chi connectivity index (χ4n) is 4.67. The monoisotopic (exact) mass is 412 g/mol. The Balaban J connectivity index is 1.31. The smallest absolute Gasteiger partial charge is 0.345 e. The third-order valence-corrected chi connectivity index (χ3v) is 6.34. The summed E-state index contributed by atoms with van der Waals surface area (Å²) in [5.74, 6) is -0.0689. The molecule has 9 heteroatoms. The number of piperidine rings is 1. The van der Waals surface area contributed by atoms with Gasteiger partial charge in [-0.1, -0.05) is 30.3 Å². The second-order valence-electron chi connectivity index (χ2n) is 8.37. The lowest BCUT2D eigenvalue weighted by Crippen LogP contribution is -2.52. The number of hydroxylamine groups is 2. The van der Waals surface area contributed by atoms with Gasteiger partial charge in [-0.05, 0) is 50.8 Å². The number of carbonyl (C=O) groups excluding carboxylic acids is 3. The molecule has 0 aromatic heterocycles. The van der Waals surface area contributed by atoms with Crippen LogP contribution in [-0.2, 0) is 21.0 Å². The van der Waals surface area contributed by atoms with E-state index < -0.39 is 6.04 Å². The van der Waals surface area contributed by atoms with Crippen LogP contribution in [-0.4, -0.2) is 78.1 Å². The van der Waals surface area contributed by atoms with E-state index in [1.54, 1.807) is 4.90 Å².